The van der Waals surface area contributed by atoms with Crippen molar-refractivity contribution in [1.29, 1.82) is 0 Å². The quantitative estimate of drug-likeness (QED) is 0.558. The van der Waals surface area contributed by atoms with E-state index >= 15 is 0 Å². The minimum atomic E-state index is -0.245. The molecule has 1 amide bonds. The number of ether oxygens (including phenoxy) is 2. The first kappa shape index (κ1) is 20.0. The van der Waals surface area contributed by atoms with Crippen LogP contribution in [0.25, 0.3) is 5.69 Å². The molecule has 0 saturated heterocycles. The Morgan fingerprint density at radius 3 is 2.57 bits per heavy atom. The Balaban J connectivity index is 1.74. The molecule has 28 heavy (non-hydrogen) atoms. The highest BCUT2D eigenvalue weighted by molar-refractivity contribution is 9.10. The zero-order valence-electron chi connectivity index (χ0n) is 15.9. The molecular formula is C20H21BrN4O3. The molecule has 2 heterocycles. The van der Waals surface area contributed by atoms with Crippen molar-refractivity contribution in [2.75, 3.05) is 25.6 Å². The number of pyridine rings is 1. The number of methoxy groups -OCH3 is 1. The Hall–Kier alpha value is -2.71. The van der Waals surface area contributed by atoms with Crippen molar-refractivity contribution in [3.05, 3.63) is 64.0 Å². The second-order valence-corrected chi connectivity index (χ2v) is 6.89. The molecule has 1 N–H and O–H groups in total. The maximum absolute atomic E-state index is 12.6. The third-order valence-corrected chi connectivity index (χ3v) is 5.27. The lowest BCUT2D eigenvalue weighted by molar-refractivity contribution is 0.102. The van der Waals surface area contributed by atoms with Crippen molar-refractivity contribution >= 4 is 27.5 Å². The van der Waals surface area contributed by atoms with Crippen LogP contribution in [0.1, 0.15) is 21.7 Å². The number of amides is 1. The first-order chi connectivity index (χ1) is 13.5. The smallest absolute Gasteiger partial charge is 0.255 e. The number of aryl methyl sites for hydroxylation is 1. The fraction of sp³-hybridized carbons (Fsp3) is 0.250. The van der Waals surface area contributed by atoms with Crippen LogP contribution in [0.2, 0.25) is 0 Å². The summed E-state index contributed by atoms with van der Waals surface area (Å²) >= 11 is 3.53. The summed E-state index contributed by atoms with van der Waals surface area (Å²) in [6.45, 7) is 4.71. The summed E-state index contributed by atoms with van der Waals surface area (Å²) in [7, 11) is 1.60. The molecule has 0 aliphatic rings. The van der Waals surface area contributed by atoms with Gasteiger partial charge in [-0.3, -0.25) is 4.79 Å². The third-order valence-electron chi connectivity index (χ3n) is 4.12. The van der Waals surface area contributed by atoms with Gasteiger partial charge in [0.2, 0.25) is 5.88 Å². The molecule has 0 fully saturated rings. The maximum atomic E-state index is 12.6. The number of carbonyl (C=O) groups is 1. The Bertz CT molecular complexity index is 970. The highest BCUT2D eigenvalue weighted by atomic mass is 79.9. The van der Waals surface area contributed by atoms with Gasteiger partial charge in [-0.1, -0.05) is 0 Å². The molecule has 1 aromatic carbocycles. The predicted molar refractivity (Wildman–Crippen MR) is 110 cm³/mol. The Labute approximate surface area is 171 Å². The summed E-state index contributed by atoms with van der Waals surface area (Å²) in [6, 6.07) is 10.7. The number of hydrogen-bond donors (Lipinski definition) is 1. The molecule has 8 heteroatoms. The fourth-order valence-electron chi connectivity index (χ4n) is 2.65. The Morgan fingerprint density at radius 2 is 1.93 bits per heavy atom. The zero-order chi connectivity index (χ0) is 20.1. The highest BCUT2D eigenvalue weighted by Gasteiger charge is 2.13. The first-order valence-electron chi connectivity index (χ1n) is 8.71. The highest BCUT2D eigenvalue weighted by Crippen LogP contribution is 2.24. The minimum absolute atomic E-state index is 0.245. The molecular weight excluding hydrogens is 424 g/mol. The molecule has 3 aromatic rings. The first-order valence-corrected chi connectivity index (χ1v) is 9.51. The molecule has 0 bridgehead atoms. The van der Waals surface area contributed by atoms with Gasteiger partial charge in [0, 0.05) is 18.9 Å². The molecule has 0 saturated carbocycles. The average Bonchev–Trinajstić information content (AvgIpc) is 2.97. The molecule has 7 nitrogen and oxygen atoms in total. The Kier molecular flexibility index (Phi) is 6.43. The van der Waals surface area contributed by atoms with Crippen molar-refractivity contribution in [2.45, 2.75) is 13.8 Å². The van der Waals surface area contributed by atoms with E-state index in [0.717, 1.165) is 21.5 Å². The van der Waals surface area contributed by atoms with Gasteiger partial charge in [-0.2, -0.15) is 5.10 Å². The molecule has 0 spiro atoms. The lowest BCUT2D eigenvalue weighted by atomic mass is 10.2. The second kappa shape index (κ2) is 8.99. The van der Waals surface area contributed by atoms with E-state index in [1.807, 2.05) is 30.7 Å². The number of benzene rings is 1. The average molecular weight is 445 g/mol. The van der Waals surface area contributed by atoms with Gasteiger partial charge in [0.05, 0.1) is 28.2 Å². The minimum Gasteiger partial charge on any atom is -0.474 e. The van der Waals surface area contributed by atoms with E-state index in [-0.39, 0.29) is 5.91 Å². The number of halogens is 1. The number of aromatic nitrogens is 3. The molecule has 0 unspecified atom stereocenters. The van der Waals surface area contributed by atoms with Gasteiger partial charge < -0.3 is 14.8 Å². The lowest BCUT2D eigenvalue weighted by Gasteiger charge is -2.11. The standard InChI is InChI=1S/C20H21BrN4O3/c1-13-18(21)14(2)25(24-13)16-8-6-15(7-9-16)19(26)23-17-5-4-10-22-20(17)28-12-11-27-3/h4-10H,11-12H2,1-3H3,(H,23,26). The second-order valence-electron chi connectivity index (χ2n) is 6.09. The number of carbonyl (C=O) groups excluding carboxylic acids is 1. The fourth-order valence-corrected chi connectivity index (χ4v) is 2.89. The SMILES string of the molecule is COCCOc1ncccc1NC(=O)c1ccc(-n2nc(C)c(Br)c2C)cc1. The summed E-state index contributed by atoms with van der Waals surface area (Å²) in [6.07, 6.45) is 1.61. The van der Waals surface area contributed by atoms with Gasteiger partial charge in [-0.25, -0.2) is 9.67 Å². The number of anilines is 1. The topological polar surface area (TPSA) is 78.3 Å². The number of nitrogens with zero attached hydrogens (tertiary/aromatic N) is 3. The van der Waals surface area contributed by atoms with E-state index in [1.165, 1.54) is 0 Å². The van der Waals surface area contributed by atoms with E-state index < -0.39 is 0 Å². The van der Waals surface area contributed by atoms with Crippen molar-refractivity contribution in [3.63, 3.8) is 0 Å². The molecule has 0 aliphatic carbocycles. The monoisotopic (exact) mass is 444 g/mol. The van der Waals surface area contributed by atoms with E-state index in [2.05, 4.69) is 31.3 Å². The number of rotatable bonds is 7. The van der Waals surface area contributed by atoms with Crippen LogP contribution in [-0.2, 0) is 4.74 Å². The van der Waals surface area contributed by atoms with Crippen LogP contribution in [0.15, 0.2) is 47.1 Å². The van der Waals surface area contributed by atoms with Crippen molar-refractivity contribution in [1.82, 2.24) is 14.8 Å². The van der Waals surface area contributed by atoms with Crippen molar-refractivity contribution < 1.29 is 14.3 Å². The molecule has 0 radical (unpaired) electrons. The van der Waals surface area contributed by atoms with Gasteiger partial charge in [0.1, 0.15) is 12.3 Å². The van der Waals surface area contributed by atoms with E-state index in [9.17, 15) is 4.79 Å². The summed E-state index contributed by atoms with van der Waals surface area (Å²) in [5.74, 6) is 0.114. The van der Waals surface area contributed by atoms with Crippen LogP contribution in [0.4, 0.5) is 5.69 Å². The van der Waals surface area contributed by atoms with Crippen LogP contribution < -0.4 is 10.1 Å². The summed E-state index contributed by atoms with van der Waals surface area (Å²) in [5.41, 5.74) is 3.83. The van der Waals surface area contributed by atoms with Crippen LogP contribution in [-0.4, -0.2) is 41.0 Å². The molecule has 146 valence electrons. The number of nitrogens with one attached hydrogen (secondary N) is 1. The largest absolute Gasteiger partial charge is 0.474 e. The van der Waals surface area contributed by atoms with E-state index in [0.29, 0.717) is 30.3 Å². The summed E-state index contributed by atoms with van der Waals surface area (Å²) in [5, 5.41) is 7.34. The third kappa shape index (κ3) is 4.40. The van der Waals surface area contributed by atoms with E-state index in [4.69, 9.17) is 9.47 Å². The lowest BCUT2D eigenvalue weighted by Crippen LogP contribution is -2.14. The van der Waals surface area contributed by atoms with Crippen LogP contribution in [0, 0.1) is 13.8 Å². The maximum Gasteiger partial charge on any atom is 0.255 e. The van der Waals surface area contributed by atoms with Crippen molar-refractivity contribution in [3.8, 4) is 11.6 Å². The van der Waals surface area contributed by atoms with Crippen molar-refractivity contribution in [2.24, 2.45) is 0 Å². The molecule has 0 aliphatic heterocycles. The van der Waals surface area contributed by atoms with Crippen LogP contribution in [0.5, 0.6) is 5.88 Å². The molecule has 0 atom stereocenters. The van der Waals surface area contributed by atoms with Crippen LogP contribution in [0.3, 0.4) is 0 Å². The molecule has 3 rings (SSSR count). The number of hydrogen-bond acceptors (Lipinski definition) is 5. The van der Waals surface area contributed by atoms with Gasteiger partial charge >= 0.3 is 0 Å². The van der Waals surface area contributed by atoms with Crippen LogP contribution >= 0.6 is 15.9 Å². The Morgan fingerprint density at radius 1 is 1.18 bits per heavy atom. The molecule has 2 aromatic heterocycles. The van der Waals surface area contributed by atoms with Gasteiger partial charge in [0.25, 0.3) is 5.91 Å². The van der Waals surface area contributed by atoms with Gasteiger partial charge in [-0.05, 0) is 66.2 Å². The van der Waals surface area contributed by atoms with E-state index in [1.54, 1.807) is 37.6 Å². The van der Waals surface area contributed by atoms with Gasteiger partial charge in [0.15, 0.2) is 0 Å². The summed E-state index contributed by atoms with van der Waals surface area (Å²) in [4.78, 5) is 16.8. The normalized spacial score (nSPS) is 10.7. The summed E-state index contributed by atoms with van der Waals surface area (Å²) < 4.78 is 13.3. The van der Waals surface area contributed by atoms with Gasteiger partial charge in [-0.15, -0.1) is 0 Å². The zero-order valence-corrected chi connectivity index (χ0v) is 17.5. The predicted octanol–water partition coefficient (Wildman–Crippen LogP) is 3.92.